The van der Waals surface area contributed by atoms with Crippen LogP contribution in [0.4, 0.5) is 17.1 Å². The number of rotatable bonds is 4. The van der Waals surface area contributed by atoms with Crippen LogP contribution in [0.1, 0.15) is 0 Å². The summed E-state index contributed by atoms with van der Waals surface area (Å²) in [5.41, 5.74) is 11.8. The highest BCUT2D eigenvalue weighted by Gasteiger charge is 2.39. The molecule has 0 N–H and O–H groups in total. The van der Waals surface area contributed by atoms with Gasteiger partial charge < -0.3 is 4.90 Å². The Labute approximate surface area is 279 Å². The van der Waals surface area contributed by atoms with Crippen molar-refractivity contribution in [3.8, 4) is 33.4 Å². The van der Waals surface area contributed by atoms with Crippen molar-refractivity contribution < 1.29 is 0 Å². The molecule has 0 aromatic heterocycles. The first-order valence-corrected chi connectivity index (χ1v) is 22.7. The molecular formula is C44H37NSi2. The van der Waals surface area contributed by atoms with Gasteiger partial charge in [0.2, 0.25) is 0 Å². The number of fused-ring (bicyclic) bond motifs is 7. The van der Waals surface area contributed by atoms with Crippen molar-refractivity contribution in [3.63, 3.8) is 0 Å². The minimum Gasteiger partial charge on any atom is -0.311 e. The van der Waals surface area contributed by atoms with Gasteiger partial charge in [0.05, 0.1) is 0 Å². The summed E-state index contributed by atoms with van der Waals surface area (Å²) in [6.07, 6.45) is 0. The summed E-state index contributed by atoms with van der Waals surface area (Å²) in [7, 11) is -3.68. The van der Waals surface area contributed by atoms with E-state index in [-0.39, 0.29) is 0 Å². The van der Waals surface area contributed by atoms with E-state index >= 15 is 0 Å². The van der Waals surface area contributed by atoms with E-state index in [2.05, 4.69) is 183 Å². The lowest BCUT2D eigenvalue weighted by atomic mass is 10.0. The Hall–Kier alpha value is -4.97. The van der Waals surface area contributed by atoms with E-state index in [9.17, 15) is 0 Å². The van der Waals surface area contributed by atoms with Crippen LogP contribution in [0.15, 0.2) is 152 Å². The van der Waals surface area contributed by atoms with Crippen molar-refractivity contribution in [2.75, 3.05) is 4.90 Å². The fourth-order valence-electron chi connectivity index (χ4n) is 8.28. The van der Waals surface area contributed by atoms with Crippen LogP contribution >= 0.6 is 0 Å². The van der Waals surface area contributed by atoms with Crippen molar-refractivity contribution >= 4 is 64.7 Å². The molecule has 2 aliphatic heterocycles. The second kappa shape index (κ2) is 10.3. The predicted molar refractivity (Wildman–Crippen MR) is 208 cm³/mol. The zero-order chi connectivity index (χ0) is 31.9. The standard InChI is InChI=1S/C44H37NSi2/c1-46(2)41-15-9-7-13-37(41)39-25-23-35(28-43(39)46)45(36-24-26-40-38-14-8-10-16-42(38)47(3,4)44(40)29-36)34-21-19-31(20-22-34)33-18-17-30-11-5-6-12-32(30)27-33/h5-29H,1-4H3. The molecule has 0 unspecified atom stereocenters. The number of benzene rings is 7. The average Bonchev–Trinajstić information content (AvgIpc) is 3.48. The molecule has 2 aliphatic rings. The first kappa shape index (κ1) is 28.3. The van der Waals surface area contributed by atoms with Crippen LogP contribution in [0.2, 0.25) is 26.2 Å². The van der Waals surface area contributed by atoms with Crippen LogP contribution in [-0.2, 0) is 0 Å². The Morgan fingerprint density at radius 2 is 0.787 bits per heavy atom. The number of nitrogens with zero attached hydrogens (tertiary/aromatic N) is 1. The first-order chi connectivity index (χ1) is 22.8. The van der Waals surface area contributed by atoms with Crippen molar-refractivity contribution in [3.05, 3.63) is 152 Å². The van der Waals surface area contributed by atoms with Gasteiger partial charge in [0, 0.05) is 17.1 Å². The Kier molecular flexibility index (Phi) is 6.18. The minimum atomic E-state index is -1.84. The third kappa shape index (κ3) is 4.27. The molecule has 0 saturated carbocycles. The Morgan fingerprint density at radius 3 is 1.36 bits per heavy atom. The third-order valence-electron chi connectivity index (χ3n) is 10.9. The Bertz CT molecular complexity index is 2260. The molecule has 226 valence electrons. The van der Waals surface area contributed by atoms with Crippen molar-refractivity contribution in [1.29, 1.82) is 0 Å². The molecule has 0 spiro atoms. The molecule has 9 rings (SSSR count). The van der Waals surface area contributed by atoms with E-state index in [0.29, 0.717) is 0 Å². The highest BCUT2D eigenvalue weighted by atomic mass is 28.3. The maximum absolute atomic E-state index is 2.50. The second-order valence-corrected chi connectivity index (χ2v) is 22.9. The van der Waals surface area contributed by atoms with Gasteiger partial charge in [0.1, 0.15) is 16.1 Å². The SMILES string of the molecule is C[Si]1(C)c2ccccc2-c2ccc(N(c3ccc(-c4ccc5ccccc5c4)cc3)c3ccc4c(c3)[Si](C)(C)c3ccccc3-4)cc21. The molecule has 0 saturated heterocycles. The number of hydrogen-bond donors (Lipinski definition) is 0. The van der Waals surface area contributed by atoms with Crippen LogP contribution < -0.4 is 25.6 Å². The van der Waals surface area contributed by atoms with Gasteiger partial charge in [0.15, 0.2) is 0 Å². The highest BCUT2D eigenvalue weighted by molar-refractivity contribution is 7.04. The zero-order valence-corrected chi connectivity index (χ0v) is 29.4. The molecule has 0 amide bonds. The quantitative estimate of drug-likeness (QED) is 0.174. The van der Waals surface area contributed by atoms with Crippen LogP contribution in [0.25, 0.3) is 44.2 Å². The molecule has 1 nitrogen and oxygen atoms in total. The normalized spacial score (nSPS) is 14.7. The van der Waals surface area contributed by atoms with E-state index in [1.54, 1.807) is 10.4 Å². The fraction of sp³-hybridized carbons (Fsp3) is 0.0909. The summed E-state index contributed by atoms with van der Waals surface area (Å²) < 4.78 is 0. The van der Waals surface area contributed by atoms with Gasteiger partial charge in [-0.25, -0.2) is 0 Å². The monoisotopic (exact) mass is 635 g/mol. The fourth-order valence-corrected chi connectivity index (χ4v) is 14.5. The molecule has 47 heavy (non-hydrogen) atoms. The lowest BCUT2D eigenvalue weighted by Crippen LogP contribution is -2.49. The van der Waals surface area contributed by atoms with E-state index in [1.165, 1.54) is 71.6 Å². The maximum Gasteiger partial charge on any atom is 0.113 e. The van der Waals surface area contributed by atoms with Crippen LogP contribution in [0, 0.1) is 0 Å². The molecule has 2 heterocycles. The molecule has 3 heteroatoms. The lowest BCUT2D eigenvalue weighted by Gasteiger charge is -2.29. The van der Waals surface area contributed by atoms with Crippen LogP contribution in [0.5, 0.6) is 0 Å². The first-order valence-electron chi connectivity index (χ1n) is 16.7. The smallest absolute Gasteiger partial charge is 0.113 e. The van der Waals surface area contributed by atoms with Gasteiger partial charge in [-0.1, -0.05) is 135 Å². The number of hydrogen-bond acceptors (Lipinski definition) is 1. The molecule has 0 fully saturated rings. The van der Waals surface area contributed by atoms with Gasteiger partial charge in [-0.3, -0.25) is 0 Å². The van der Waals surface area contributed by atoms with E-state index in [4.69, 9.17) is 0 Å². The van der Waals surface area contributed by atoms with Gasteiger partial charge in [-0.05, 0) is 107 Å². The zero-order valence-electron chi connectivity index (χ0n) is 27.4. The maximum atomic E-state index is 2.50. The van der Waals surface area contributed by atoms with Crippen LogP contribution in [0.3, 0.4) is 0 Å². The van der Waals surface area contributed by atoms with Gasteiger partial charge in [-0.15, -0.1) is 0 Å². The van der Waals surface area contributed by atoms with E-state index < -0.39 is 16.1 Å². The summed E-state index contributed by atoms with van der Waals surface area (Å²) in [5, 5.41) is 8.68. The summed E-state index contributed by atoms with van der Waals surface area (Å²) in [4.78, 5) is 2.49. The Balaban J connectivity index is 1.19. The number of anilines is 3. The molecule has 0 atom stereocenters. The van der Waals surface area contributed by atoms with E-state index in [1.807, 2.05) is 0 Å². The van der Waals surface area contributed by atoms with Crippen LogP contribution in [-0.4, -0.2) is 16.1 Å². The molecule has 0 radical (unpaired) electrons. The lowest BCUT2D eigenvalue weighted by molar-refractivity contribution is 1.29. The second-order valence-electron chi connectivity index (χ2n) is 14.2. The van der Waals surface area contributed by atoms with Gasteiger partial charge in [0.25, 0.3) is 0 Å². The minimum absolute atomic E-state index is 1.18. The van der Waals surface area contributed by atoms with Gasteiger partial charge >= 0.3 is 0 Å². The molecule has 0 aliphatic carbocycles. The summed E-state index contributed by atoms with van der Waals surface area (Å²) in [5.74, 6) is 0. The largest absolute Gasteiger partial charge is 0.311 e. The van der Waals surface area contributed by atoms with Crippen molar-refractivity contribution in [2.45, 2.75) is 26.2 Å². The molecule has 7 aromatic carbocycles. The average molecular weight is 636 g/mol. The molecule has 7 aromatic rings. The topological polar surface area (TPSA) is 3.24 Å². The van der Waals surface area contributed by atoms with E-state index in [0.717, 1.165) is 0 Å². The highest BCUT2D eigenvalue weighted by Crippen LogP contribution is 2.40. The molecule has 0 bridgehead atoms. The summed E-state index contributed by atoms with van der Waals surface area (Å²) in [6, 6.07) is 57.1. The summed E-state index contributed by atoms with van der Waals surface area (Å²) in [6.45, 7) is 10.0. The van der Waals surface area contributed by atoms with Gasteiger partial charge in [-0.2, -0.15) is 0 Å². The Morgan fingerprint density at radius 1 is 0.340 bits per heavy atom. The predicted octanol–water partition coefficient (Wildman–Crippen LogP) is 9.58. The molecular weight excluding hydrogens is 599 g/mol. The summed E-state index contributed by atoms with van der Waals surface area (Å²) >= 11 is 0. The third-order valence-corrected chi connectivity index (χ3v) is 17.9. The van der Waals surface area contributed by atoms with Crippen molar-refractivity contribution in [1.82, 2.24) is 0 Å². The van der Waals surface area contributed by atoms with Crippen molar-refractivity contribution in [2.24, 2.45) is 0 Å².